The molecule has 0 aliphatic heterocycles. The molecule has 0 radical (unpaired) electrons. The zero-order valence-corrected chi connectivity index (χ0v) is 11.1. The van der Waals surface area contributed by atoms with E-state index in [0.717, 1.165) is 12.8 Å². The van der Waals surface area contributed by atoms with Gasteiger partial charge in [0.05, 0.1) is 13.7 Å². The third kappa shape index (κ3) is 4.49. The van der Waals surface area contributed by atoms with Gasteiger partial charge in [0.2, 0.25) is 5.91 Å². The van der Waals surface area contributed by atoms with Gasteiger partial charge in [-0.3, -0.25) is 9.69 Å². The number of carbonyl (C=O) groups excluding carboxylic acids is 2. The van der Waals surface area contributed by atoms with E-state index in [1.807, 2.05) is 4.90 Å². The van der Waals surface area contributed by atoms with Crippen LogP contribution in [0.5, 0.6) is 0 Å². The first-order chi connectivity index (χ1) is 8.54. The lowest BCUT2D eigenvalue weighted by atomic mass is 10.2. The van der Waals surface area contributed by atoms with Gasteiger partial charge in [-0.05, 0) is 19.8 Å². The Kier molecular flexibility index (Phi) is 5.85. The first-order valence-corrected chi connectivity index (χ1v) is 6.32. The van der Waals surface area contributed by atoms with Crippen molar-refractivity contribution in [2.45, 2.75) is 38.6 Å². The molecule has 1 aliphatic carbocycles. The summed E-state index contributed by atoms with van der Waals surface area (Å²) in [7, 11) is 1.36. The molecule has 2 N–H and O–H groups in total. The quantitative estimate of drug-likeness (QED) is 0.563. The third-order valence-corrected chi connectivity index (χ3v) is 3.34. The van der Waals surface area contributed by atoms with Crippen molar-refractivity contribution < 1.29 is 14.3 Å². The predicted molar refractivity (Wildman–Crippen MR) is 68.8 cm³/mol. The zero-order chi connectivity index (χ0) is 13.5. The SMILES string of the molecule is COC(=O)C(C)=CCN(CC(N)=O)C1CCCC1. The lowest BCUT2D eigenvalue weighted by Gasteiger charge is -2.26. The summed E-state index contributed by atoms with van der Waals surface area (Å²) >= 11 is 0. The number of ether oxygens (including phenoxy) is 1. The Bertz CT molecular complexity index is 333. The monoisotopic (exact) mass is 254 g/mol. The van der Waals surface area contributed by atoms with Crippen molar-refractivity contribution in [3.63, 3.8) is 0 Å². The molecule has 0 bridgehead atoms. The smallest absolute Gasteiger partial charge is 0.333 e. The molecule has 102 valence electrons. The van der Waals surface area contributed by atoms with Gasteiger partial charge in [-0.15, -0.1) is 0 Å². The second-order valence-electron chi connectivity index (χ2n) is 4.71. The molecule has 0 atom stereocenters. The van der Waals surface area contributed by atoms with Crippen LogP contribution < -0.4 is 5.73 Å². The molecule has 0 aromatic carbocycles. The van der Waals surface area contributed by atoms with E-state index in [4.69, 9.17) is 5.73 Å². The van der Waals surface area contributed by atoms with Crippen molar-refractivity contribution >= 4 is 11.9 Å². The van der Waals surface area contributed by atoms with Crippen molar-refractivity contribution in [1.82, 2.24) is 4.90 Å². The largest absolute Gasteiger partial charge is 0.466 e. The van der Waals surface area contributed by atoms with Crippen LogP contribution in [0.25, 0.3) is 0 Å². The van der Waals surface area contributed by atoms with Crippen molar-refractivity contribution in [3.8, 4) is 0 Å². The van der Waals surface area contributed by atoms with Gasteiger partial charge in [-0.2, -0.15) is 0 Å². The van der Waals surface area contributed by atoms with Crippen LogP contribution in [0.15, 0.2) is 11.6 Å². The number of hydrogen-bond donors (Lipinski definition) is 1. The Labute approximate surface area is 108 Å². The van der Waals surface area contributed by atoms with Crippen LogP contribution in [0.4, 0.5) is 0 Å². The topological polar surface area (TPSA) is 72.6 Å². The molecule has 0 saturated heterocycles. The summed E-state index contributed by atoms with van der Waals surface area (Å²) < 4.78 is 4.63. The maximum atomic E-state index is 11.3. The molecule has 0 spiro atoms. The Hall–Kier alpha value is -1.36. The van der Waals surface area contributed by atoms with Crippen LogP contribution in [0, 0.1) is 0 Å². The lowest BCUT2D eigenvalue weighted by molar-refractivity contribution is -0.136. The van der Waals surface area contributed by atoms with Crippen molar-refractivity contribution in [1.29, 1.82) is 0 Å². The van der Waals surface area contributed by atoms with Gasteiger partial charge in [0, 0.05) is 18.2 Å². The maximum Gasteiger partial charge on any atom is 0.333 e. The van der Waals surface area contributed by atoms with E-state index in [2.05, 4.69) is 4.74 Å². The molecule has 0 aromatic heterocycles. The summed E-state index contributed by atoms with van der Waals surface area (Å²) in [5.74, 6) is -0.661. The third-order valence-electron chi connectivity index (χ3n) is 3.34. The Morgan fingerprint density at radius 2 is 2.00 bits per heavy atom. The highest BCUT2D eigenvalue weighted by Gasteiger charge is 2.23. The molecule has 1 rings (SSSR count). The van der Waals surface area contributed by atoms with Crippen molar-refractivity contribution in [2.75, 3.05) is 20.2 Å². The van der Waals surface area contributed by atoms with E-state index >= 15 is 0 Å². The van der Waals surface area contributed by atoms with E-state index in [1.165, 1.54) is 20.0 Å². The second kappa shape index (κ2) is 7.16. The number of primary amides is 1. The van der Waals surface area contributed by atoms with Gasteiger partial charge < -0.3 is 10.5 Å². The Morgan fingerprint density at radius 1 is 1.39 bits per heavy atom. The van der Waals surface area contributed by atoms with E-state index in [1.54, 1.807) is 13.0 Å². The summed E-state index contributed by atoms with van der Waals surface area (Å²) in [6.07, 6.45) is 6.38. The molecule has 1 aliphatic rings. The molecule has 1 saturated carbocycles. The number of hydrogen-bond acceptors (Lipinski definition) is 4. The highest BCUT2D eigenvalue weighted by Crippen LogP contribution is 2.23. The minimum atomic E-state index is -0.333. The number of nitrogens with zero attached hydrogens (tertiary/aromatic N) is 1. The van der Waals surface area contributed by atoms with Gasteiger partial charge in [0.15, 0.2) is 0 Å². The summed E-state index contributed by atoms with van der Waals surface area (Å²) in [6, 6.07) is 0.402. The fourth-order valence-corrected chi connectivity index (χ4v) is 2.31. The zero-order valence-electron chi connectivity index (χ0n) is 11.1. The van der Waals surface area contributed by atoms with Crippen LogP contribution in [-0.4, -0.2) is 43.0 Å². The van der Waals surface area contributed by atoms with Gasteiger partial charge in [0.25, 0.3) is 0 Å². The van der Waals surface area contributed by atoms with E-state index in [-0.39, 0.29) is 18.4 Å². The number of rotatable bonds is 6. The molecule has 0 unspecified atom stereocenters. The van der Waals surface area contributed by atoms with Crippen molar-refractivity contribution in [3.05, 3.63) is 11.6 Å². The van der Waals surface area contributed by atoms with Gasteiger partial charge in [-0.25, -0.2) is 4.79 Å². The fourth-order valence-electron chi connectivity index (χ4n) is 2.31. The highest BCUT2D eigenvalue weighted by atomic mass is 16.5. The Morgan fingerprint density at radius 3 is 2.50 bits per heavy atom. The number of esters is 1. The molecule has 5 nitrogen and oxygen atoms in total. The number of nitrogens with two attached hydrogens (primary N) is 1. The lowest BCUT2D eigenvalue weighted by Crippen LogP contribution is -2.40. The maximum absolute atomic E-state index is 11.3. The second-order valence-corrected chi connectivity index (χ2v) is 4.71. The van der Waals surface area contributed by atoms with Crippen molar-refractivity contribution in [2.24, 2.45) is 5.73 Å². The van der Waals surface area contributed by atoms with Crippen LogP contribution in [0.1, 0.15) is 32.6 Å². The number of amides is 1. The molecule has 1 fully saturated rings. The van der Waals surface area contributed by atoms with Crippen LogP contribution in [0.2, 0.25) is 0 Å². The van der Waals surface area contributed by atoms with E-state index in [0.29, 0.717) is 18.2 Å². The standard InChI is InChI=1S/C13H22N2O3/c1-10(13(17)18-2)7-8-15(9-12(14)16)11-5-3-4-6-11/h7,11H,3-6,8-9H2,1-2H3,(H2,14,16). The summed E-state index contributed by atoms with van der Waals surface area (Å²) in [4.78, 5) is 24.4. The van der Waals surface area contributed by atoms with E-state index in [9.17, 15) is 9.59 Å². The Balaban J connectivity index is 2.60. The molecule has 0 heterocycles. The van der Waals surface area contributed by atoms with Gasteiger partial charge in [0.1, 0.15) is 0 Å². The average molecular weight is 254 g/mol. The number of carbonyl (C=O) groups is 2. The highest BCUT2D eigenvalue weighted by molar-refractivity contribution is 5.87. The van der Waals surface area contributed by atoms with Gasteiger partial charge in [-0.1, -0.05) is 18.9 Å². The predicted octanol–water partition coefficient (Wildman–Crippen LogP) is 0.836. The minimum Gasteiger partial charge on any atom is -0.466 e. The molecular weight excluding hydrogens is 232 g/mol. The summed E-state index contributed by atoms with van der Waals surface area (Å²) in [5, 5.41) is 0. The van der Waals surface area contributed by atoms with Crippen LogP contribution >= 0.6 is 0 Å². The number of methoxy groups -OCH3 is 1. The average Bonchev–Trinajstić information content (AvgIpc) is 2.86. The van der Waals surface area contributed by atoms with E-state index < -0.39 is 0 Å². The van der Waals surface area contributed by atoms with Crippen LogP contribution in [0.3, 0.4) is 0 Å². The fraction of sp³-hybridized carbons (Fsp3) is 0.692. The molecule has 5 heteroatoms. The first kappa shape index (κ1) is 14.7. The first-order valence-electron chi connectivity index (χ1n) is 6.32. The summed E-state index contributed by atoms with van der Waals surface area (Å²) in [5.41, 5.74) is 5.82. The minimum absolute atomic E-state index is 0.246. The molecule has 18 heavy (non-hydrogen) atoms. The molecule has 1 amide bonds. The van der Waals surface area contributed by atoms with Gasteiger partial charge >= 0.3 is 5.97 Å². The molecular formula is C13H22N2O3. The van der Waals surface area contributed by atoms with Crippen LogP contribution in [-0.2, 0) is 14.3 Å². The normalized spacial score (nSPS) is 17.2. The molecule has 0 aromatic rings. The summed E-state index contributed by atoms with van der Waals surface area (Å²) in [6.45, 7) is 2.52.